The van der Waals surface area contributed by atoms with Crippen LogP contribution in [-0.4, -0.2) is 15.0 Å². The van der Waals surface area contributed by atoms with Crippen molar-refractivity contribution in [3.05, 3.63) is 198 Å². The molecule has 10 aromatic rings. The van der Waals surface area contributed by atoms with Crippen molar-refractivity contribution < 1.29 is 9.15 Å². The molecule has 0 radical (unpaired) electrons. The molecule has 5 nitrogen and oxygen atoms in total. The molecule has 0 fully saturated rings. The minimum absolute atomic E-state index is 0.579. The van der Waals surface area contributed by atoms with Gasteiger partial charge in [0.15, 0.2) is 17.5 Å². The van der Waals surface area contributed by atoms with Crippen LogP contribution < -0.4 is 4.74 Å². The molecule has 0 saturated carbocycles. The van der Waals surface area contributed by atoms with Crippen molar-refractivity contribution in [1.29, 1.82) is 0 Å². The summed E-state index contributed by atoms with van der Waals surface area (Å²) in [5, 5.41) is 4.29. The molecule has 8 aromatic carbocycles. The zero-order valence-corrected chi connectivity index (χ0v) is 29.4. The SMILES string of the molecule is c1ccc(-c2nc(-c3ccc4c(c3)C3(c5ccccc5O4)c4ccccc4-c4ccccc43)nc(-c3cccc4oc5cc6ccccc6cc5c34)n2)cc1. The number of benzene rings is 8. The minimum Gasteiger partial charge on any atom is -0.457 e. The zero-order valence-electron chi connectivity index (χ0n) is 29.4. The van der Waals surface area contributed by atoms with Gasteiger partial charge in [-0.25, -0.2) is 15.0 Å². The average Bonchev–Trinajstić information content (AvgIpc) is 3.76. The van der Waals surface area contributed by atoms with Crippen molar-refractivity contribution in [2.75, 3.05) is 0 Å². The molecular weight excluding hydrogens is 675 g/mol. The molecule has 256 valence electrons. The second-order valence-corrected chi connectivity index (χ2v) is 14.3. The van der Waals surface area contributed by atoms with Crippen molar-refractivity contribution >= 4 is 32.7 Å². The van der Waals surface area contributed by atoms with Crippen LogP contribution in [0.3, 0.4) is 0 Å². The topological polar surface area (TPSA) is 61.0 Å². The molecule has 5 heteroatoms. The molecule has 0 saturated heterocycles. The molecule has 2 aromatic heterocycles. The highest BCUT2D eigenvalue weighted by Gasteiger charge is 2.51. The van der Waals surface area contributed by atoms with E-state index < -0.39 is 5.41 Å². The number of rotatable bonds is 3. The molecule has 12 rings (SSSR count). The molecule has 55 heavy (non-hydrogen) atoms. The van der Waals surface area contributed by atoms with Gasteiger partial charge in [0.05, 0.1) is 5.41 Å². The lowest BCUT2D eigenvalue weighted by molar-refractivity contribution is 0.436. The lowest BCUT2D eigenvalue weighted by atomic mass is 9.66. The summed E-state index contributed by atoms with van der Waals surface area (Å²) in [5.74, 6) is 3.43. The van der Waals surface area contributed by atoms with Crippen LogP contribution >= 0.6 is 0 Å². The molecule has 0 unspecified atom stereocenters. The Labute approximate surface area is 316 Å². The summed E-state index contributed by atoms with van der Waals surface area (Å²) in [6.07, 6.45) is 0. The molecule has 2 aliphatic rings. The van der Waals surface area contributed by atoms with Gasteiger partial charge in [-0.15, -0.1) is 0 Å². The predicted molar refractivity (Wildman–Crippen MR) is 218 cm³/mol. The highest BCUT2D eigenvalue weighted by atomic mass is 16.5. The van der Waals surface area contributed by atoms with Gasteiger partial charge in [0.25, 0.3) is 0 Å². The Balaban J connectivity index is 1.12. The van der Waals surface area contributed by atoms with Gasteiger partial charge in [-0.2, -0.15) is 0 Å². The summed E-state index contributed by atoms with van der Waals surface area (Å²) in [6, 6.07) is 61.3. The number of aromatic nitrogens is 3. The van der Waals surface area contributed by atoms with Gasteiger partial charge in [-0.3, -0.25) is 0 Å². The van der Waals surface area contributed by atoms with Crippen molar-refractivity contribution in [3.63, 3.8) is 0 Å². The van der Waals surface area contributed by atoms with Crippen LogP contribution in [0.1, 0.15) is 22.3 Å². The van der Waals surface area contributed by atoms with Gasteiger partial charge in [0.1, 0.15) is 22.7 Å². The van der Waals surface area contributed by atoms with Gasteiger partial charge in [0.2, 0.25) is 0 Å². The summed E-state index contributed by atoms with van der Waals surface area (Å²) in [7, 11) is 0. The van der Waals surface area contributed by atoms with E-state index in [1.54, 1.807) is 0 Å². The molecule has 0 atom stereocenters. The van der Waals surface area contributed by atoms with E-state index in [1.165, 1.54) is 22.3 Å². The third kappa shape index (κ3) is 4.26. The first kappa shape index (κ1) is 30.1. The standard InChI is InChI=1S/C50H29N3O2/c1-2-13-30(14-3-1)47-51-48(53-49(52-47)36-19-12-24-44-46(36)37-27-31-15-4-5-16-32(31)29-45(37)55-44)33-25-26-43-41(28-33)50(40-22-10-11-23-42(40)54-43)38-20-8-6-17-34(38)35-18-7-9-21-39(35)50/h1-29H. The van der Waals surface area contributed by atoms with Gasteiger partial charge in [-0.05, 0) is 75.5 Å². The van der Waals surface area contributed by atoms with E-state index >= 15 is 0 Å². The predicted octanol–water partition coefficient (Wildman–Crippen LogP) is 12.4. The van der Waals surface area contributed by atoms with Crippen LogP contribution in [0.5, 0.6) is 11.5 Å². The van der Waals surface area contributed by atoms with E-state index in [2.05, 4.69) is 127 Å². The second kappa shape index (κ2) is 11.3. The van der Waals surface area contributed by atoms with E-state index in [0.29, 0.717) is 17.5 Å². The van der Waals surface area contributed by atoms with Crippen molar-refractivity contribution in [3.8, 4) is 56.8 Å². The third-order valence-corrected chi connectivity index (χ3v) is 11.4. The van der Waals surface area contributed by atoms with Crippen LogP contribution in [0, 0.1) is 0 Å². The number of nitrogens with zero attached hydrogens (tertiary/aromatic N) is 3. The fraction of sp³-hybridized carbons (Fsp3) is 0.0200. The van der Waals surface area contributed by atoms with Crippen LogP contribution in [0.2, 0.25) is 0 Å². The minimum atomic E-state index is -0.602. The molecular formula is C50H29N3O2. The number of hydrogen-bond acceptors (Lipinski definition) is 5. The summed E-state index contributed by atoms with van der Waals surface area (Å²) < 4.78 is 13.2. The molecule has 0 N–H and O–H groups in total. The van der Waals surface area contributed by atoms with Crippen LogP contribution in [-0.2, 0) is 5.41 Å². The number of ether oxygens (including phenoxy) is 1. The highest BCUT2D eigenvalue weighted by Crippen LogP contribution is 2.62. The summed E-state index contributed by atoms with van der Waals surface area (Å²) >= 11 is 0. The molecule has 0 amide bonds. The maximum atomic E-state index is 6.72. The highest BCUT2D eigenvalue weighted by molar-refractivity contribution is 6.15. The van der Waals surface area contributed by atoms with Crippen LogP contribution in [0.25, 0.3) is 78.0 Å². The fourth-order valence-electron chi connectivity index (χ4n) is 9.04. The summed E-state index contributed by atoms with van der Waals surface area (Å²) in [5.41, 5.74) is 10.8. The van der Waals surface area contributed by atoms with Crippen LogP contribution in [0.15, 0.2) is 180 Å². The van der Waals surface area contributed by atoms with E-state index in [4.69, 9.17) is 24.1 Å². The Morgan fingerprint density at radius 2 is 0.982 bits per heavy atom. The molecule has 0 bridgehead atoms. The lowest BCUT2D eigenvalue weighted by Gasteiger charge is -2.39. The molecule has 1 spiro atoms. The Hall–Kier alpha value is -7.37. The van der Waals surface area contributed by atoms with Gasteiger partial charge >= 0.3 is 0 Å². The smallest absolute Gasteiger partial charge is 0.164 e. The second-order valence-electron chi connectivity index (χ2n) is 14.3. The first-order chi connectivity index (χ1) is 27.2. The third-order valence-electron chi connectivity index (χ3n) is 11.4. The van der Waals surface area contributed by atoms with Crippen LogP contribution in [0.4, 0.5) is 0 Å². The first-order valence-electron chi connectivity index (χ1n) is 18.5. The fourth-order valence-corrected chi connectivity index (χ4v) is 9.04. The normalized spacial score (nSPS) is 13.4. The van der Waals surface area contributed by atoms with Gasteiger partial charge in [-0.1, -0.05) is 133 Å². The van der Waals surface area contributed by atoms with Crippen molar-refractivity contribution in [2.45, 2.75) is 5.41 Å². The first-order valence-corrected chi connectivity index (χ1v) is 18.5. The zero-order chi connectivity index (χ0) is 36.1. The number of fused-ring (bicyclic) bond motifs is 13. The van der Waals surface area contributed by atoms with E-state index in [0.717, 1.165) is 72.0 Å². The number of hydrogen-bond donors (Lipinski definition) is 0. The molecule has 1 aliphatic carbocycles. The quantitative estimate of drug-likeness (QED) is 0.183. The largest absolute Gasteiger partial charge is 0.457 e. The average molecular weight is 704 g/mol. The number of para-hydroxylation sites is 1. The maximum absolute atomic E-state index is 6.72. The van der Waals surface area contributed by atoms with E-state index in [9.17, 15) is 0 Å². The van der Waals surface area contributed by atoms with E-state index in [-0.39, 0.29) is 0 Å². The summed E-state index contributed by atoms with van der Waals surface area (Å²) in [4.78, 5) is 15.6. The summed E-state index contributed by atoms with van der Waals surface area (Å²) in [6.45, 7) is 0. The van der Waals surface area contributed by atoms with Crippen molar-refractivity contribution in [1.82, 2.24) is 15.0 Å². The van der Waals surface area contributed by atoms with E-state index in [1.807, 2.05) is 48.5 Å². The maximum Gasteiger partial charge on any atom is 0.164 e. The lowest BCUT2D eigenvalue weighted by Crippen LogP contribution is -2.32. The monoisotopic (exact) mass is 703 g/mol. The van der Waals surface area contributed by atoms with Gasteiger partial charge in [0, 0.05) is 38.6 Å². The number of furan rings is 1. The Bertz CT molecular complexity index is 3160. The molecule has 3 heterocycles. The molecule has 1 aliphatic heterocycles. The Morgan fingerprint density at radius 1 is 0.382 bits per heavy atom. The Kier molecular flexibility index (Phi) is 6.20. The Morgan fingerprint density at radius 3 is 1.76 bits per heavy atom. The van der Waals surface area contributed by atoms with Gasteiger partial charge < -0.3 is 9.15 Å². The van der Waals surface area contributed by atoms with Crippen molar-refractivity contribution in [2.24, 2.45) is 0 Å².